The Morgan fingerprint density at radius 2 is 2.14 bits per heavy atom. The van der Waals surface area contributed by atoms with E-state index in [0.29, 0.717) is 14.7 Å². The van der Waals surface area contributed by atoms with Crippen molar-refractivity contribution in [2.24, 2.45) is 0 Å². The maximum Gasteiger partial charge on any atom is 0.312 e. The number of ether oxygens (including phenoxy) is 1. The van der Waals surface area contributed by atoms with Crippen molar-refractivity contribution in [2.75, 3.05) is 5.73 Å². The molecule has 3 aromatic rings. The van der Waals surface area contributed by atoms with Gasteiger partial charge in [0.2, 0.25) is 17.6 Å². The van der Waals surface area contributed by atoms with Gasteiger partial charge in [-0.3, -0.25) is 10.1 Å². The fourth-order valence-corrected chi connectivity index (χ4v) is 2.86. The number of nitrogens with two attached hydrogens (primary N) is 1. The van der Waals surface area contributed by atoms with Crippen LogP contribution >= 0.6 is 27.3 Å². The molecular weight excluding hydrogens is 360 g/mol. The lowest BCUT2D eigenvalue weighted by molar-refractivity contribution is -0.385. The largest absolute Gasteiger partial charge is 0.431 e. The summed E-state index contributed by atoms with van der Waals surface area (Å²) in [4.78, 5) is 19.3. The lowest BCUT2D eigenvalue weighted by Crippen LogP contribution is -1.99. The number of thiophene rings is 1. The van der Waals surface area contributed by atoms with Crippen molar-refractivity contribution in [2.45, 2.75) is 0 Å². The molecule has 0 radical (unpaired) electrons. The molecule has 0 amide bonds. The molecule has 0 saturated heterocycles. The third-order valence-electron chi connectivity index (χ3n) is 2.63. The standard InChI is InChI=1S/C12H7BrN4O3S/c13-6-1-2-9(8(5-6)17(18)19)20-10-7-3-4-21-11(7)16-12(14)15-10/h1-5H,(H2,14,15,16). The Bertz CT molecular complexity index is 852. The van der Waals surface area contributed by atoms with E-state index in [1.165, 1.54) is 23.5 Å². The van der Waals surface area contributed by atoms with Gasteiger partial charge in [-0.1, -0.05) is 15.9 Å². The van der Waals surface area contributed by atoms with E-state index in [1.807, 2.05) is 5.38 Å². The number of fused-ring (bicyclic) bond motifs is 1. The van der Waals surface area contributed by atoms with Gasteiger partial charge in [0.1, 0.15) is 4.83 Å². The number of hydrogen-bond acceptors (Lipinski definition) is 7. The summed E-state index contributed by atoms with van der Waals surface area (Å²) in [6.45, 7) is 0. The average Bonchev–Trinajstić information content (AvgIpc) is 2.88. The monoisotopic (exact) mass is 366 g/mol. The zero-order valence-corrected chi connectivity index (χ0v) is 12.7. The zero-order chi connectivity index (χ0) is 15.0. The molecule has 0 atom stereocenters. The van der Waals surface area contributed by atoms with Gasteiger partial charge in [0.05, 0.1) is 10.3 Å². The van der Waals surface area contributed by atoms with Crippen LogP contribution in [0.1, 0.15) is 0 Å². The summed E-state index contributed by atoms with van der Waals surface area (Å²) < 4.78 is 6.18. The maximum absolute atomic E-state index is 11.1. The fourth-order valence-electron chi connectivity index (χ4n) is 1.75. The average molecular weight is 367 g/mol. The molecule has 106 valence electrons. The minimum atomic E-state index is -0.518. The van der Waals surface area contributed by atoms with Gasteiger partial charge in [0.15, 0.2) is 0 Å². The van der Waals surface area contributed by atoms with Gasteiger partial charge in [-0.2, -0.15) is 4.98 Å². The highest BCUT2D eigenvalue weighted by Crippen LogP contribution is 2.36. The van der Waals surface area contributed by atoms with Crippen LogP contribution in [0.2, 0.25) is 0 Å². The first kappa shape index (κ1) is 13.7. The van der Waals surface area contributed by atoms with E-state index in [9.17, 15) is 10.1 Å². The lowest BCUT2D eigenvalue weighted by atomic mass is 10.3. The summed E-state index contributed by atoms with van der Waals surface area (Å²) in [7, 11) is 0. The Morgan fingerprint density at radius 3 is 2.90 bits per heavy atom. The van der Waals surface area contributed by atoms with Crippen LogP contribution in [0.25, 0.3) is 10.2 Å². The van der Waals surface area contributed by atoms with Gasteiger partial charge in [-0.25, -0.2) is 4.98 Å². The molecule has 7 nitrogen and oxygen atoms in total. The molecule has 1 aromatic carbocycles. The molecule has 0 saturated carbocycles. The second-order valence-electron chi connectivity index (χ2n) is 4.00. The van der Waals surface area contributed by atoms with Crippen molar-refractivity contribution in [3.05, 3.63) is 44.2 Å². The number of anilines is 1. The Labute approximate surface area is 130 Å². The molecule has 0 fully saturated rings. The minimum Gasteiger partial charge on any atom is -0.431 e. The van der Waals surface area contributed by atoms with Gasteiger partial charge >= 0.3 is 5.69 Å². The van der Waals surface area contributed by atoms with Gasteiger partial charge in [-0.15, -0.1) is 11.3 Å². The number of aromatic nitrogens is 2. The van der Waals surface area contributed by atoms with Crippen LogP contribution in [0.15, 0.2) is 34.1 Å². The first-order valence-electron chi connectivity index (χ1n) is 5.67. The summed E-state index contributed by atoms with van der Waals surface area (Å²) in [6, 6.07) is 6.29. The van der Waals surface area contributed by atoms with E-state index in [-0.39, 0.29) is 23.3 Å². The number of nitro groups is 1. The molecule has 21 heavy (non-hydrogen) atoms. The quantitative estimate of drug-likeness (QED) is 0.559. The molecule has 9 heteroatoms. The Balaban J connectivity index is 2.10. The second kappa shape index (κ2) is 5.26. The molecule has 3 rings (SSSR count). The van der Waals surface area contributed by atoms with E-state index in [1.54, 1.807) is 12.1 Å². The Morgan fingerprint density at radius 1 is 1.33 bits per heavy atom. The number of nitrogens with zero attached hydrogens (tertiary/aromatic N) is 3. The second-order valence-corrected chi connectivity index (χ2v) is 5.81. The van der Waals surface area contributed by atoms with Crippen LogP contribution < -0.4 is 10.5 Å². The van der Waals surface area contributed by atoms with E-state index >= 15 is 0 Å². The topological polar surface area (TPSA) is 104 Å². The van der Waals surface area contributed by atoms with Gasteiger partial charge in [0.25, 0.3) is 0 Å². The highest BCUT2D eigenvalue weighted by Gasteiger charge is 2.18. The van der Waals surface area contributed by atoms with E-state index in [0.717, 1.165) is 0 Å². The van der Waals surface area contributed by atoms with Crippen molar-refractivity contribution in [1.29, 1.82) is 0 Å². The first-order chi connectivity index (χ1) is 10.0. The Hall–Kier alpha value is -2.26. The van der Waals surface area contributed by atoms with Crippen LogP contribution in [-0.4, -0.2) is 14.9 Å². The number of halogens is 1. The third kappa shape index (κ3) is 2.65. The van der Waals surface area contributed by atoms with Gasteiger partial charge in [0, 0.05) is 10.5 Å². The van der Waals surface area contributed by atoms with Crippen LogP contribution in [0.3, 0.4) is 0 Å². The summed E-state index contributed by atoms with van der Waals surface area (Å²) in [5.74, 6) is 0.345. The highest BCUT2D eigenvalue weighted by molar-refractivity contribution is 9.10. The van der Waals surface area contributed by atoms with Gasteiger partial charge < -0.3 is 10.5 Å². The van der Waals surface area contributed by atoms with Crippen molar-refractivity contribution >= 4 is 49.1 Å². The van der Waals surface area contributed by atoms with Crippen molar-refractivity contribution in [3.8, 4) is 11.6 Å². The Kier molecular flexibility index (Phi) is 3.43. The highest BCUT2D eigenvalue weighted by atomic mass is 79.9. The molecule has 0 bridgehead atoms. The number of nitro benzene ring substituents is 1. The predicted octanol–water partition coefficient (Wildman–Crippen LogP) is 3.74. The summed E-state index contributed by atoms with van der Waals surface area (Å²) >= 11 is 4.58. The number of nitrogen functional groups attached to an aromatic ring is 1. The lowest BCUT2D eigenvalue weighted by Gasteiger charge is -2.07. The number of benzene rings is 1. The molecule has 2 aromatic heterocycles. The molecule has 2 heterocycles. The predicted molar refractivity (Wildman–Crippen MR) is 82.7 cm³/mol. The van der Waals surface area contributed by atoms with Crippen molar-refractivity contribution in [3.63, 3.8) is 0 Å². The van der Waals surface area contributed by atoms with E-state index in [2.05, 4.69) is 25.9 Å². The van der Waals surface area contributed by atoms with Crippen LogP contribution in [0.4, 0.5) is 11.6 Å². The summed E-state index contributed by atoms with van der Waals surface area (Å²) in [5, 5.41) is 13.6. The molecule has 2 N–H and O–H groups in total. The molecule has 0 aliphatic carbocycles. The number of rotatable bonds is 3. The van der Waals surface area contributed by atoms with E-state index < -0.39 is 4.92 Å². The van der Waals surface area contributed by atoms with Crippen molar-refractivity contribution < 1.29 is 9.66 Å². The third-order valence-corrected chi connectivity index (χ3v) is 3.93. The molecule has 0 unspecified atom stereocenters. The SMILES string of the molecule is Nc1nc(Oc2ccc(Br)cc2[N+](=O)[O-])c2ccsc2n1. The minimum absolute atomic E-state index is 0.0553. The molecular formula is C12H7BrN4O3S. The summed E-state index contributed by atoms with van der Waals surface area (Å²) in [6.07, 6.45) is 0. The zero-order valence-electron chi connectivity index (χ0n) is 10.3. The molecule has 0 aliphatic rings. The normalized spacial score (nSPS) is 10.7. The van der Waals surface area contributed by atoms with Crippen LogP contribution in [0, 0.1) is 10.1 Å². The maximum atomic E-state index is 11.1. The number of hydrogen-bond donors (Lipinski definition) is 1. The van der Waals surface area contributed by atoms with Crippen molar-refractivity contribution in [1.82, 2.24) is 9.97 Å². The first-order valence-corrected chi connectivity index (χ1v) is 7.34. The van der Waals surface area contributed by atoms with Crippen LogP contribution in [0.5, 0.6) is 11.6 Å². The molecule has 0 spiro atoms. The van der Waals surface area contributed by atoms with Gasteiger partial charge in [-0.05, 0) is 23.6 Å². The summed E-state index contributed by atoms with van der Waals surface area (Å²) in [5.41, 5.74) is 5.46. The molecule has 0 aliphatic heterocycles. The van der Waals surface area contributed by atoms with E-state index in [4.69, 9.17) is 10.5 Å². The smallest absolute Gasteiger partial charge is 0.312 e. The fraction of sp³-hybridized carbons (Fsp3) is 0. The van der Waals surface area contributed by atoms with Crippen LogP contribution in [-0.2, 0) is 0 Å².